The first-order valence-corrected chi connectivity index (χ1v) is 8.44. The van der Waals surface area contributed by atoms with E-state index >= 15 is 0 Å². The summed E-state index contributed by atoms with van der Waals surface area (Å²) >= 11 is 0. The molecule has 1 aliphatic heterocycles. The molecule has 2 aromatic rings. The van der Waals surface area contributed by atoms with Crippen molar-refractivity contribution in [3.8, 4) is 0 Å². The summed E-state index contributed by atoms with van der Waals surface area (Å²) in [5, 5.41) is 12.1. The Morgan fingerprint density at radius 2 is 1.96 bits per heavy atom. The van der Waals surface area contributed by atoms with Crippen molar-refractivity contribution in [1.29, 1.82) is 0 Å². The molecule has 0 amide bonds. The van der Waals surface area contributed by atoms with Crippen LogP contribution in [-0.2, 0) is 12.8 Å². The summed E-state index contributed by atoms with van der Waals surface area (Å²) in [5.74, 6) is 1.99. The molecule has 6 nitrogen and oxygen atoms in total. The van der Waals surface area contributed by atoms with Gasteiger partial charge in [0, 0.05) is 31.1 Å². The minimum Gasteiger partial charge on any atom is -0.367 e. The van der Waals surface area contributed by atoms with Gasteiger partial charge >= 0.3 is 0 Å². The summed E-state index contributed by atoms with van der Waals surface area (Å²) in [4.78, 5) is 11.3. The van der Waals surface area contributed by atoms with Crippen molar-refractivity contribution in [2.45, 2.75) is 45.1 Å². The number of nitrogens with one attached hydrogen (secondary N) is 1. The molecular formula is C17H22N6. The van der Waals surface area contributed by atoms with E-state index in [1.54, 1.807) is 6.33 Å². The van der Waals surface area contributed by atoms with E-state index in [0.29, 0.717) is 6.04 Å². The minimum absolute atomic E-state index is 0.594. The Hall–Kier alpha value is -2.24. The van der Waals surface area contributed by atoms with E-state index in [-0.39, 0.29) is 0 Å². The van der Waals surface area contributed by atoms with Crippen LogP contribution in [0.2, 0.25) is 0 Å². The molecule has 0 bridgehead atoms. The second-order valence-corrected chi connectivity index (χ2v) is 6.44. The lowest BCUT2D eigenvalue weighted by Crippen LogP contribution is -2.29. The average molecular weight is 310 g/mol. The molecule has 0 atom stereocenters. The number of nitrogens with zero attached hydrogens (tertiary/aromatic N) is 5. The van der Waals surface area contributed by atoms with E-state index in [1.807, 2.05) is 13.0 Å². The standard InChI is InChI=1S/C17H22N6/c1-12-5-6-16(22-21-12)23-9-7-14-15(8-10-23)18-11-19-17(14)20-13-3-2-4-13/h5-6,11,13H,2-4,7-10H2,1H3,(H,18,19,20). The van der Waals surface area contributed by atoms with Crippen LogP contribution in [-0.4, -0.2) is 39.3 Å². The molecule has 3 heterocycles. The number of anilines is 2. The lowest BCUT2D eigenvalue weighted by Gasteiger charge is -2.28. The second-order valence-electron chi connectivity index (χ2n) is 6.44. The van der Waals surface area contributed by atoms with E-state index < -0.39 is 0 Å². The first-order chi connectivity index (χ1) is 11.3. The SMILES string of the molecule is Cc1ccc(N2CCc3ncnc(NC4CCC4)c3CC2)nn1. The minimum atomic E-state index is 0.594. The normalized spacial score (nSPS) is 18.0. The van der Waals surface area contributed by atoms with E-state index in [9.17, 15) is 0 Å². The van der Waals surface area contributed by atoms with Gasteiger partial charge in [-0.05, 0) is 44.7 Å². The summed E-state index contributed by atoms with van der Waals surface area (Å²) < 4.78 is 0. The summed E-state index contributed by atoms with van der Waals surface area (Å²) in [7, 11) is 0. The quantitative estimate of drug-likeness (QED) is 0.937. The van der Waals surface area contributed by atoms with Gasteiger partial charge in [0.1, 0.15) is 12.1 Å². The molecule has 2 aliphatic rings. The largest absolute Gasteiger partial charge is 0.367 e. The fraction of sp³-hybridized carbons (Fsp3) is 0.529. The highest BCUT2D eigenvalue weighted by Crippen LogP contribution is 2.27. The van der Waals surface area contributed by atoms with E-state index in [4.69, 9.17) is 0 Å². The third-order valence-corrected chi connectivity index (χ3v) is 4.84. The van der Waals surface area contributed by atoms with E-state index in [1.165, 1.54) is 30.5 Å². The van der Waals surface area contributed by atoms with Gasteiger partial charge in [-0.2, -0.15) is 5.10 Å². The lowest BCUT2D eigenvalue weighted by molar-refractivity contribution is 0.444. The van der Waals surface area contributed by atoms with Crippen LogP contribution in [0.1, 0.15) is 36.2 Å². The Bertz CT molecular complexity index is 680. The number of aryl methyl sites for hydroxylation is 1. The predicted molar refractivity (Wildman–Crippen MR) is 89.7 cm³/mol. The van der Waals surface area contributed by atoms with Gasteiger partial charge in [-0.25, -0.2) is 9.97 Å². The van der Waals surface area contributed by atoms with Crippen molar-refractivity contribution in [2.75, 3.05) is 23.3 Å². The van der Waals surface area contributed by atoms with Crippen molar-refractivity contribution < 1.29 is 0 Å². The molecule has 6 heteroatoms. The van der Waals surface area contributed by atoms with Crippen LogP contribution in [0.5, 0.6) is 0 Å². The maximum Gasteiger partial charge on any atom is 0.151 e. The first kappa shape index (κ1) is 14.4. The molecule has 1 fully saturated rings. The number of fused-ring (bicyclic) bond motifs is 1. The highest BCUT2D eigenvalue weighted by Gasteiger charge is 2.23. The van der Waals surface area contributed by atoms with Crippen molar-refractivity contribution in [3.05, 3.63) is 35.4 Å². The van der Waals surface area contributed by atoms with Crippen LogP contribution in [0.15, 0.2) is 18.5 Å². The van der Waals surface area contributed by atoms with Gasteiger partial charge in [0.05, 0.1) is 11.4 Å². The molecule has 0 saturated heterocycles. The average Bonchev–Trinajstić information content (AvgIpc) is 2.75. The predicted octanol–water partition coefficient (Wildman–Crippen LogP) is 2.14. The van der Waals surface area contributed by atoms with Crippen molar-refractivity contribution in [2.24, 2.45) is 0 Å². The monoisotopic (exact) mass is 310 g/mol. The zero-order valence-corrected chi connectivity index (χ0v) is 13.5. The zero-order valence-electron chi connectivity index (χ0n) is 13.5. The fourth-order valence-electron chi connectivity index (χ4n) is 3.19. The Balaban J connectivity index is 1.53. The maximum atomic E-state index is 4.52. The van der Waals surface area contributed by atoms with Gasteiger partial charge < -0.3 is 10.2 Å². The molecule has 1 N–H and O–H groups in total. The number of hydrogen-bond acceptors (Lipinski definition) is 6. The van der Waals surface area contributed by atoms with Crippen LogP contribution in [0.25, 0.3) is 0 Å². The van der Waals surface area contributed by atoms with Gasteiger partial charge in [-0.15, -0.1) is 5.10 Å². The smallest absolute Gasteiger partial charge is 0.151 e. The lowest BCUT2D eigenvalue weighted by atomic mass is 9.93. The van der Waals surface area contributed by atoms with Crippen molar-refractivity contribution in [3.63, 3.8) is 0 Å². The van der Waals surface area contributed by atoms with Crippen molar-refractivity contribution >= 4 is 11.6 Å². The van der Waals surface area contributed by atoms with Crippen LogP contribution in [0.3, 0.4) is 0 Å². The molecule has 23 heavy (non-hydrogen) atoms. The third-order valence-electron chi connectivity index (χ3n) is 4.84. The van der Waals surface area contributed by atoms with Gasteiger partial charge in [-0.3, -0.25) is 0 Å². The highest BCUT2D eigenvalue weighted by atomic mass is 15.3. The molecular weight excluding hydrogens is 288 g/mol. The van der Waals surface area contributed by atoms with Crippen LogP contribution >= 0.6 is 0 Å². The van der Waals surface area contributed by atoms with Crippen LogP contribution in [0, 0.1) is 6.92 Å². The zero-order chi connectivity index (χ0) is 15.6. The van der Waals surface area contributed by atoms with Crippen LogP contribution < -0.4 is 10.2 Å². The third kappa shape index (κ3) is 2.98. The molecule has 2 aromatic heterocycles. The summed E-state index contributed by atoms with van der Waals surface area (Å²) in [5.41, 5.74) is 3.40. The molecule has 4 rings (SSSR count). The maximum absolute atomic E-state index is 4.52. The number of aromatic nitrogens is 4. The number of rotatable bonds is 3. The molecule has 0 aromatic carbocycles. The highest BCUT2D eigenvalue weighted by molar-refractivity contribution is 5.49. The van der Waals surface area contributed by atoms with Gasteiger partial charge in [0.15, 0.2) is 5.82 Å². The first-order valence-electron chi connectivity index (χ1n) is 8.44. The van der Waals surface area contributed by atoms with Gasteiger partial charge in [0.2, 0.25) is 0 Å². The Morgan fingerprint density at radius 1 is 1.09 bits per heavy atom. The number of hydrogen-bond donors (Lipinski definition) is 1. The topological polar surface area (TPSA) is 66.8 Å². The second kappa shape index (κ2) is 6.10. The molecule has 0 unspecified atom stereocenters. The Kier molecular flexibility index (Phi) is 3.81. The molecule has 1 saturated carbocycles. The fourth-order valence-corrected chi connectivity index (χ4v) is 3.19. The summed E-state index contributed by atoms with van der Waals surface area (Å²) in [6.07, 6.45) is 7.40. The Labute approximate surface area is 136 Å². The van der Waals surface area contributed by atoms with Gasteiger partial charge in [-0.1, -0.05) is 0 Å². The van der Waals surface area contributed by atoms with Gasteiger partial charge in [0.25, 0.3) is 0 Å². The molecule has 0 spiro atoms. The molecule has 120 valence electrons. The van der Waals surface area contributed by atoms with E-state index in [0.717, 1.165) is 43.3 Å². The summed E-state index contributed by atoms with van der Waals surface area (Å²) in [6.45, 7) is 3.81. The van der Waals surface area contributed by atoms with Crippen molar-refractivity contribution in [1.82, 2.24) is 20.2 Å². The summed E-state index contributed by atoms with van der Waals surface area (Å²) in [6, 6.07) is 4.66. The molecule has 1 aliphatic carbocycles. The van der Waals surface area contributed by atoms with E-state index in [2.05, 4.69) is 36.4 Å². The Morgan fingerprint density at radius 3 is 2.70 bits per heavy atom. The molecule has 0 radical (unpaired) electrons. The van der Waals surface area contributed by atoms with Crippen LogP contribution in [0.4, 0.5) is 11.6 Å².